The molecule has 9 nitrogen and oxygen atoms in total. The first-order valence-corrected chi connectivity index (χ1v) is 10.7. The molecule has 0 radical (unpaired) electrons. The number of fused-ring (bicyclic) bond motifs is 2. The summed E-state index contributed by atoms with van der Waals surface area (Å²) in [6, 6.07) is 11.6. The summed E-state index contributed by atoms with van der Waals surface area (Å²) in [4.78, 5) is 39.1. The minimum atomic E-state index is -0.925. The summed E-state index contributed by atoms with van der Waals surface area (Å²) < 4.78 is 5.86. The van der Waals surface area contributed by atoms with Crippen molar-refractivity contribution in [1.29, 1.82) is 0 Å². The third-order valence-electron chi connectivity index (χ3n) is 5.30. The van der Waals surface area contributed by atoms with E-state index in [4.69, 9.17) is 4.42 Å². The van der Waals surface area contributed by atoms with Crippen LogP contribution in [0.1, 0.15) is 52.5 Å². The molecular weight excluding hydrogens is 432 g/mol. The molecule has 0 saturated carbocycles. The van der Waals surface area contributed by atoms with Crippen LogP contribution in [-0.2, 0) is 0 Å². The van der Waals surface area contributed by atoms with Crippen molar-refractivity contribution in [2.45, 2.75) is 25.8 Å². The Kier molecular flexibility index (Phi) is 4.59. The molecule has 1 aliphatic rings. The highest BCUT2D eigenvalue weighted by Crippen LogP contribution is 2.43. The van der Waals surface area contributed by atoms with Gasteiger partial charge in [0.25, 0.3) is 11.6 Å². The Morgan fingerprint density at radius 3 is 2.62 bits per heavy atom. The van der Waals surface area contributed by atoms with Crippen molar-refractivity contribution in [3.05, 3.63) is 90.8 Å². The fraction of sp³-hybridized carbons (Fsp3) is 0.182. The lowest BCUT2D eigenvalue weighted by molar-refractivity contribution is -0.384. The molecule has 3 heterocycles. The van der Waals surface area contributed by atoms with E-state index >= 15 is 0 Å². The highest BCUT2D eigenvalue weighted by Gasteiger charge is 2.45. The van der Waals surface area contributed by atoms with E-state index in [0.717, 1.165) is 5.01 Å². The molecule has 1 atom stereocenters. The highest BCUT2D eigenvalue weighted by atomic mass is 32.1. The lowest BCUT2D eigenvalue weighted by atomic mass is 9.98. The van der Waals surface area contributed by atoms with Gasteiger partial charge in [-0.15, -0.1) is 10.2 Å². The topological polar surface area (TPSA) is 119 Å². The number of non-ortho nitro benzene ring substituents is 1. The molecule has 2 aromatic heterocycles. The SMILES string of the molecule is CC(C)c1nnc(N2C(=O)c3oc4ccccc4c(=O)c3[C@H]2c2cccc([N+](=O)[O-])c2)s1. The van der Waals surface area contributed by atoms with Crippen molar-refractivity contribution in [2.75, 3.05) is 4.90 Å². The van der Waals surface area contributed by atoms with Crippen LogP contribution in [0, 0.1) is 10.1 Å². The predicted octanol–water partition coefficient (Wildman–Crippen LogP) is 4.43. The summed E-state index contributed by atoms with van der Waals surface area (Å²) >= 11 is 1.24. The first-order valence-electron chi connectivity index (χ1n) is 9.84. The Hall–Kier alpha value is -3.92. The number of carbonyl (C=O) groups excluding carboxylic acids is 1. The standard InChI is InChI=1S/C22H16N4O5S/c1-11(2)20-23-24-22(32-20)25-17(12-6-5-7-13(10-12)26(29)30)16-18(27)14-8-3-4-9-15(14)31-19(16)21(25)28/h3-11,17H,1-2H3/t17-/m1/s1. The number of anilines is 1. The molecule has 5 rings (SSSR count). The first-order chi connectivity index (χ1) is 15.4. The van der Waals surface area contributed by atoms with Gasteiger partial charge >= 0.3 is 0 Å². The molecule has 160 valence electrons. The van der Waals surface area contributed by atoms with Gasteiger partial charge in [-0.3, -0.25) is 24.6 Å². The molecule has 10 heteroatoms. The zero-order valence-corrected chi connectivity index (χ0v) is 17.8. The van der Waals surface area contributed by atoms with E-state index in [1.54, 1.807) is 30.3 Å². The van der Waals surface area contributed by atoms with Crippen LogP contribution < -0.4 is 10.3 Å². The van der Waals surface area contributed by atoms with Gasteiger partial charge in [-0.2, -0.15) is 0 Å². The van der Waals surface area contributed by atoms with Crippen LogP contribution in [-0.4, -0.2) is 21.0 Å². The van der Waals surface area contributed by atoms with E-state index in [1.165, 1.54) is 34.4 Å². The molecule has 1 amide bonds. The summed E-state index contributed by atoms with van der Waals surface area (Å²) in [5.74, 6) is -0.530. The Bertz CT molecular complexity index is 1460. The number of carbonyl (C=O) groups is 1. The molecule has 32 heavy (non-hydrogen) atoms. The van der Waals surface area contributed by atoms with Gasteiger partial charge < -0.3 is 4.42 Å². The minimum Gasteiger partial charge on any atom is -0.450 e. The number of hydrogen-bond donors (Lipinski definition) is 0. The molecule has 0 saturated heterocycles. The summed E-state index contributed by atoms with van der Waals surface area (Å²) in [7, 11) is 0. The number of hydrogen-bond acceptors (Lipinski definition) is 8. The van der Waals surface area contributed by atoms with Crippen LogP contribution in [0.3, 0.4) is 0 Å². The van der Waals surface area contributed by atoms with Crippen molar-refractivity contribution < 1.29 is 14.1 Å². The Labute approximate surface area is 185 Å². The summed E-state index contributed by atoms with van der Waals surface area (Å²) in [5, 5.41) is 21.1. The van der Waals surface area contributed by atoms with Gasteiger partial charge in [0.1, 0.15) is 10.6 Å². The largest absolute Gasteiger partial charge is 0.450 e. The molecule has 0 fully saturated rings. The smallest absolute Gasteiger partial charge is 0.297 e. The van der Waals surface area contributed by atoms with E-state index in [-0.39, 0.29) is 28.4 Å². The Morgan fingerprint density at radius 1 is 1.12 bits per heavy atom. The second-order valence-corrected chi connectivity index (χ2v) is 8.67. The first kappa shape index (κ1) is 20.0. The zero-order valence-electron chi connectivity index (χ0n) is 17.0. The molecule has 0 bridgehead atoms. The summed E-state index contributed by atoms with van der Waals surface area (Å²) in [6.45, 7) is 3.92. The van der Waals surface area contributed by atoms with E-state index in [2.05, 4.69) is 10.2 Å². The molecule has 0 N–H and O–H groups in total. The third kappa shape index (κ3) is 2.99. The van der Waals surface area contributed by atoms with Crippen LogP contribution >= 0.6 is 11.3 Å². The summed E-state index contributed by atoms with van der Waals surface area (Å²) in [6.07, 6.45) is 0. The van der Waals surface area contributed by atoms with Crippen molar-refractivity contribution in [2.24, 2.45) is 0 Å². The molecular formula is C22H16N4O5S. The maximum absolute atomic E-state index is 13.5. The lowest BCUT2D eigenvalue weighted by Gasteiger charge is -2.21. The number of nitro benzene ring substituents is 1. The van der Waals surface area contributed by atoms with E-state index < -0.39 is 16.9 Å². The van der Waals surface area contributed by atoms with Gasteiger partial charge in [-0.25, -0.2) is 0 Å². The van der Waals surface area contributed by atoms with Crippen LogP contribution in [0.15, 0.2) is 57.7 Å². The van der Waals surface area contributed by atoms with Crippen LogP contribution in [0.4, 0.5) is 10.8 Å². The quantitative estimate of drug-likeness (QED) is 0.335. The molecule has 1 aliphatic heterocycles. The molecule has 2 aromatic carbocycles. The molecule has 0 spiro atoms. The Balaban J connectivity index is 1.79. The van der Waals surface area contributed by atoms with E-state index in [9.17, 15) is 19.7 Å². The van der Waals surface area contributed by atoms with Crippen molar-refractivity contribution in [3.8, 4) is 0 Å². The maximum Gasteiger partial charge on any atom is 0.297 e. The molecule has 4 aromatic rings. The minimum absolute atomic E-state index is 0.0912. The zero-order chi connectivity index (χ0) is 22.6. The van der Waals surface area contributed by atoms with Gasteiger partial charge in [0, 0.05) is 18.1 Å². The fourth-order valence-corrected chi connectivity index (χ4v) is 4.67. The van der Waals surface area contributed by atoms with E-state index in [1.807, 2.05) is 13.8 Å². The number of nitrogens with zero attached hydrogens (tertiary/aromatic N) is 4. The molecule has 0 aliphatic carbocycles. The lowest BCUT2D eigenvalue weighted by Crippen LogP contribution is -2.29. The predicted molar refractivity (Wildman–Crippen MR) is 118 cm³/mol. The number of nitro groups is 1. The van der Waals surface area contributed by atoms with Crippen molar-refractivity contribution in [3.63, 3.8) is 0 Å². The number of aromatic nitrogens is 2. The van der Waals surface area contributed by atoms with Crippen LogP contribution in [0.25, 0.3) is 11.0 Å². The number of benzene rings is 2. The highest BCUT2D eigenvalue weighted by molar-refractivity contribution is 7.15. The van der Waals surface area contributed by atoms with Crippen molar-refractivity contribution in [1.82, 2.24) is 10.2 Å². The van der Waals surface area contributed by atoms with E-state index in [0.29, 0.717) is 21.7 Å². The average molecular weight is 448 g/mol. The van der Waals surface area contributed by atoms with Gasteiger partial charge in [0.15, 0.2) is 5.43 Å². The third-order valence-corrected chi connectivity index (χ3v) is 6.53. The number of para-hydroxylation sites is 1. The van der Waals surface area contributed by atoms with Gasteiger partial charge in [0.05, 0.1) is 21.9 Å². The van der Waals surface area contributed by atoms with Gasteiger partial charge in [-0.1, -0.05) is 49.4 Å². The average Bonchev–Trinajstić information content (AvgIpc) is 3.38. The van der Waals surface area contributed by atoms with Gasteiger partial charge in [-0.05, 0) is 17.7 Å². The summed E-state index contributed by atoms with van der Waals surface area (Å²) in [5.41, 5.74) is 0.339. The monoisotopic (exact) mass is 448 g/mol. The maximum atomic E-state index is 13.5. The number of amides is 1. The Morgan fingerprint density at radius 2 is 1.91 bits per heavy atom. The second kappa shape index (κ2) is 7.34. The van der Waals surface area contributed by atoms with Crippen LogP contribution in [0.2, 0.25) is 0 Å². The van der Waals surface area contributed by atoms with Crippen molar-refractivity contribution >= 4 is 39.0 Å². The van der Waals surface area contributed by atoms with Gasteiger partial charge in [0.2, 0.25) is 10.9 Å². The number of rotatable bonds is 4. The molecule has 0 unspecified atom stereocenters. The van der Waals surface area contributed by atoms with Crippen LogP contribution in [0.5, 0.6) is 0 Å². The normalized spacial score (nSPS) is 15.5. The fourth-order valence-electron chi connectivity index (χ4n) is 3.80. The second-order valence-electron chi connectivity index (χ2n) is 7.68.